The smallest absolute Gasteiger partial charge is 0.238 e. The number of carbonyl (C=O) groups excluding carboxylic acids is 1. The van der Waals surface area contributed by atoms with Crippen molar-refractivity contribution < 1.29 is 9.53 Å². The molecule has 2 aromatic carbocycles. The number of nitrogens with two attached hydrogens (primary N) is 1. The monoisotopic (exact) mass is 300 g/mol. The molecule has 1 amide bonds. The van der Waals surface area contributed by atoms with E-state index in [2.05, 4.69) is 0 Å². The Bertz CT molecular complexity index is 675. The van der Waals surface area contributed by atoms with Gasteiger partial charge in [0.25, 0.3) is 0 Å². The van der Waals surface area contributed by atoms with Crippen LogP contribution in [0.2, 0.25) is 0 Å². The Balaban J connectivity index is 2.04. The molecule has 0 unspecified atom stereocenters. The Morgan fingerprint density at radius 2 is 2.05 bits per heavy atom. The van der Waals surface area contributed by atoms with Crippen LogP contribution in [0, 0.1) is 0 Å². The van der Waals surface area contributed by atoms with Crippen molar-refractivity contribution in [3.8, 4) is 5.75 Å². The van der Waals surface area contributed by atoms with Crippen LogP contribution in [0.1, 0.15) is 10.9 Å². The highest BCUT2D eigenvalue weighted by atomic mass is 32.2. The average molecular weight is 300 g/mol. The average Bonchev–Trinajstić information content (AvgIpc) is 2.89. The number of thioether (sulfide) groups is 1. The number of methoxy groups -OCH3 is 1. The lowest BCUT2D eigenvalue weighted by Gasteiger charge is -2.26. The fourth-order valence-electron chi connectivity index (χ4n) is 2.47. The quantitative estimate of drug-likeness (QED) is 0.885. The second kappa shape index (κ2) is 5.69. The lowest BCUT2D eigenvalue weighted by Crippen LogP contribution is -2.28. The normalized spacial score (nSPS) is 18.0. The van der Waals surface area contributed by atoms with Gasteiger partial charge in [0.05, 0.1) is 18.6 Å². The van der Waals surface area contributed by atoms with Crippen LogP contribution in [0.4, 0.5) is 11.4 Å². The molecule has 2 N–H and O–H groups in total. The van der Waals surface area contributed by atoms with Crippen LogP contribution in [0.5, 0.6) is 5.75 Å². The van der Waals surface area contributed by atoms with E-state index in [1.807, 2.05) is 48.5 Å². The topological polar surface area (TPSA) is 55.6 Å². The standard InChI is InChI=1S/C16H16N2O2S/c1-20-14-8-3-2-7-13(14)18-15(19)10-21-16(18)11-5-4-6-12(17)9-11/h2-9,16H,10,17H2,1H3/t16-/m0/s1. The summed E-state index contributed by atoms with van der Waals surface area (Å²) in [4.78, 5) is 14.1. The Kier molecular flexibility index (Phi) is 3.75. The minimum absolute atomic E-state index is 0.0719. The van der Waals surface area contributed by atoms with Crippen LogP contribution in [-0.2, 0) is 4.79 Å². The summed E-state index contributed by atoms with van der Waals surface area (Å²) in [6.07, 6.45) is 0. The van der Waals surface area contributed by atoms with Gasteiger partial charge in [0.2, 0.25) is 5.91 Å². The molecule has 1 fully saturated rings. The van der Waals surface area contributed by atoms with Gasteiger partial charge in [0.1, 0.15) is 11.1 Å². The summed E-state index contributed by atoms with van der Waals surface area (Å²) in [6.45, 7) is 0. The van der Waals surface area contributed by atoms with Crippen LogP contribution >= 0.6 is 11.8 Å². The zero-order chi connectivity index (χ0) is 14.8. The molecule has 1 saturated heterocycles. The summed E-state index contributed by atoms with van der Waals surface area (Å²) in [5, 5.41) is -0.0719. The van der Waals surface area contributed by atoms with Gasteiger partial charge in [0, 0.05) is 5.69 Å². The van der Waals surface area contributed by atoms with E-state index in [-0.39, 0.29) is 11.3 Å². The first kappa shape index (κ1) is 13.8. The highest BCUT2D eigenvalue weighted by Crippen LogP contribution is 2.44. The van der Waals surface area contributed by atoms with Crippen molar-refractivity contribution in [2.75, 3.05) is 23.5 Å². The number of nitrogens with zero attached hydrogens (tertiary/aromatic N) is 1. The van der Waals surface area contributed by atoms with Gasteiger partial charge in [-0.25, -0.2) is 0 Å². The lowest BCUT2D eigenvalue weighted by atomic mass is 10.1. The third-order valence-electron chi connectivity index (χ3n) is 3.41. The van der Waals surface area contributed by atoms with Crippen LogP contribution in [0.3, 0.4) is 0 Å². The molecule has 2 aromatic rings. The summed E-state index contributed by atoms with van der Waals surface area (Å²) < 4.78 is 5.39. The summed E-state index contributed by atoms with van der Waals surface area (Å²) >= 11 is 1.60. The van der Waals surface area contributed by atoms with Crippen molar-refractivity contribution in [3.63, 3.8) is 0 Å². The van der Waals surface area contributed by atoms with Crippen molar-refractivity contribution in [3.05, 3.63) is 54.1 Å². The maximum atomic E-state index is 12.3. The summed E-state index contributed by atoms with van der Waals surface area (Å²) in [6, 6.07) is 15.2. The molecule has 108 valence electrons. The van der Waals surface area contributed by atoms with Crippen LogP contribution in [-0.4, -0.2) is 18.8 Å². The second-order valence-electron chi connectivity index (χ2n) is 4.77. The summed E-state index contributed by atoms with van der Waals surface area (Å²) in [5.41, 5.74) is 8.38. The van der Waals surface area contributed by atoms with Gasteiger partial charge < -0.3 is 10.5 Å². The number of para-hydroxylation sites is 2. The van der Waals surface area contributed by atoms with E-state index in [0.717, 1.165) is 11.3 Å². The number of hydrogen-bond acceptors (Lipinski definition) is 4. The molecule has 0 spiro atoms. The fraction of sp³-hybridized carbons (Fsp3) is 0.188. The molecule has 0 saturated carbocycles. The molecule has 1 aliphatic rings. The highest BCUT2D eigenvalue weighted by Gasteiger charge is 2.35. The van der Waals surface area contributed by atoms with Gasteiger partial charge in [-0.3, -0.25) is 9.69 Å². The molecule has 0 radical (unpaired) electrons. The molecule has 1 aliphatic heterocycles. The number of anilines is 2. The molecule has 3 rings (SSSR count). The Morgan fingerprint density at radius 1 is 1.24 bits per heavy atom. The maximum absolute atomic E-state index is 12.3. The van der Waals surface area contributed by atoms with Gasteiger partial charge in [-0.2, -0.15) is 0 Å². The molecular weight excluding hydrogens is 284 g/mol. The first-order chi connectivity index (χ1) is 10.2. The van der Waals surface area contributed by atoms with Crippen molar-refractivity contribution in [2.24, 2.45) is 0 Å². The maximum Gasteiger partial charge on any atom is 0.238 e. The lowest BCUT2D eigenvalue weighted by molar-refractivity contribution is -0.115. The van der Waals surface area contributed by atoms with Crippen LogP contribution < -0.4 is 15.4 Å². The zero-order valence-corrected chi connectivity index (χ0v) is 12.5. The zero-order valence-electron chi connectivity index (χ0n) is 11.7. The van der Waals surface area contributed by atoms with Crippen molar-refractivity contribution in [2.45, 2.75) is 5.37 Å². The van der Waals surface area contributed by atoms with Crippen molar-refractivity contribution in [1.29, 1.82) is 0 Å². The number of ether oxygens (including phenoxy) is 1. The van der Waals surface area contributed by atoms with Gasteiger partial charge >= 0.3 is 0 Å². The first-order valence-corrected chi connectivity index (χ1v) is 7.67. The number of carbonyl (C=O) groups is 1. The predicted molar refractivity (Wildman–Crippen MR) is 86.5 cm³/mol. The van der Waals surface area contributed by atoms with E-state index < -0.39 is 0 Å². The number of benzene rings is 2. The van der Waals surface area contributed by atoms with Crippen molar-refractivity contribution >= 4 is 29.0 Å². The van der Waals surface area contributed by atoms with Gasteiger partial charge in [-0.15, -0.1) is 11.8 Å². The molecule has 21 heavy (non-hydrogen) atoms. The first-order valence-electron chi connectivity index (χ1n) is 6.63. The summed E-state index contributed by atoms with van der Waals surface area (Å²) in [5.74, 6) is 1.23. The predicted octanol–water partition coefficient (Wildman–Crippen LogP) is 3.06. The molecule has 0 aliphatic carbocycles. The number of hydrogen-bond donors (Lipinski definition) is 1. The molecule has 0 bridgehead atoms. The van der Waals surface area contributed by atoms with E-state index in [9.17, 15) is 4.79 Å². The minimum Gasteiger partial charge on any atom is -0.495 e. The van der Waals surface area contributed by atoms with E-state index in [4.69, 9.17) is 10.5 Å². The Labute approximate surface area is 127 Å². The number of amides is 1. The molecule has 4 nitrogen and oxygen atoms in total. The highest BCUT2D eigenvalue weighted by molar-refractivity contribution is 8.00. The van der Waals surface area contributed by atoms with Crippen molar-refractivity contribution in [1.82, 2.24) is 0 Å². The number of nitrogen functional groups attached to an aromatic ring is 1. The SMILES string of the molecule is COc1ccccc1N1C(=O)CS[C@H]1c1cccc(N)c1. The van der Waals surface area contributed by atoms with Crippen LogP contribution in [0.25, 0.3) is 0 Å². The Morgan fingerprint density at radius 3 is 2.81 bits per heavy atom. The van der Waals surface area contributed by atoms with Gasteiger partial charge in [0.15, 0.2) is 0 Å². The van der Waals surface area contributed by atoms with Gasteiger partial charge in [-0.1, -0.05) is 24.3 Å². The number of rotatable bonds is 3. The third-order valence-corrected chi connectivity index (χ3v) is 4.62. The van der Waals surface area contributed by atoms with Crippen LogP contribution in [0.15, 0.2) is 48.5 Å². The molecule has 5 heteroatoms. The van der Waals surface area contributed by atoms with E-state index in [1.54, 1.807) is 23.8 Å². The summed E-state index contributed by atoms with van der Waals surface area (Å²) in [7, 11) is 1.61. The molecule has 1 atom stereocenters. The fourth-order valence-corrected chi connectivity index (χ4v) is 3.63. The van der Waals surface area contributed by atoms with E-state index in [1.165, 1.54) is 0 Å². The van der Waals surface area contributed by atoms with Gasteiger partial charge in [-0.05, 0) is 29.8 Å². The second-order valence-corrected chi connectivity index (χ2v) is 5.84. The van der Waals surface area contributed by atoms with E-state index >= 15 is 0 Å². The molecular formula is C16H16N2O2S. The minimum atomic E-state index is -0.0719. The molecule has 1 heterocycles. The molecule has 0 aromatic heterocycles. The third kappa shape index (κ3) is 2.56. The van der Waals surface area contributed by atoms with E-state index in [0.29, 0.717) is 17.2 Å². The largest absolute Gasteiger partial charge is 0.495 e. The Hall–Kier alpha value is -2.14.